The summed E-state index contributed by atoms with van der Waals surface area (Å²) in [6.07, 6.45) is -3.45. The van der Waals surface area contributed by atoms with Gasteiger partial charge in [-0.15, -0.1) is 0 Å². The van der Waals surface area contributed by atoms with Crippen LogP contribution in [0.3, 0.4) is 0 Å². The maximum atomic E-state index is 12.9. The van der Waals surface area contributed by atoms with Crippen LogP contribution >= 0.6 is 0 Å². The average Bonchev–Trinajstić information content (AvgIpc) is 2.71. The lowest BCUT2D eigenvalue weighted by atomic mass is 10.0. The molecule has 6 nitrogen and oxygen atoms in total. The van der Waals surface area contributed by atoms with Gasteiger partial charge in [0.1, 0.15) is 0 Å². The largest absolute Gasteiger partial charge is 0.416 e. The van der Waals surface area contributed by atoms with Crippen molar-refractivity contribution in [1.82, 2.24) is 5.32 Å². The number of benzene rings is 3. The number of hydrogen-bond donors (Lipinski definition) is 3. The van der Waals surface area contributed by atoms with Crippen molar-refractivity contribution in [2.75, 3.05) is 11.0 Å². The molecule has 0 bridgehead atoms. The summed E-state index contributed by atoms with van der Waals surface area (Å²) in [6, 6.07) is 11.9. The summed E-state index contributed by atoms with van der Waals surface area (Å²) < 4.78 is 63.8. The van der Waals surface area contributed by atoms with E-state index in [4.69, 9.17) is 0 Å². The highest BCUT2D eigenvalue weighted by Crippen LogP contribution is 2.31. The van der Waals surface area contributed by atoms with E-state index in [0.717, 1.165) is 18.4 Å². The van der Waals surface area contributed by atoms with Crippen molar-refractivity contribution in [3.05, 3.63) is 76.9 Å². The number of aliphatic hydroxyl groups excluding tert-OH is 1. The van der Waals surface area contributed by atoms with Crippen LogP contribution in [0.1, 0.15) is 40.0 Å². The number of aliphatic hydroxyl groups is 1. The summed E-state index contributed by atoms with van der Waals surface area (Å²) in [5.41, 5.74) is 0.744. The molecule has 0 spiro atoms. The van der Waals surface area contributed by atoms with Gasteiger partial charge in [-0.25, -0.2) is 8.42 Å². The third-order valence-corrected chi connectivity index (χ3v) is 5.46. The molecular weight excluding hydrogens is 445 g/mol. The highest BCUT2D eigenvalue weighted by atomic mass is 32.2. The predicted octanol–water partition coefficient (Wildman–Crippen LogP) is 4.21. The van der Waals surface area contributed by atoms with Crippen LogP contribution in [-0.4, -0.2) is 25.7 Å². The van der Waals surface area contributed by atoms with E-state index in [1.54, 1.807) is 19.1 Å². The van der Waals surface area contributed by atoms with Crippen molar-refractivity contribution >= 4 is 32.4 Å². The van der Waals surface area contributed by atoms with Crippen LogP contribution in [0.5, 0.6) is 0 Å². The zero-order valence-electron chi connectivity index (χ0n) is 17.2. The summed E-state index contributed by atoms with van der Waals surface area (Å²) in [5, 5.41) is 13.2. The minimum Gasteiger partial charge on any atom is -0.392 e. The third kappa shape index (κ3) is 5.57. The number of carbonyl (C=O) groups is 1. The molecule has 1 amide bonds. The van der Waals surface area contributed by atoms with Gasteiger partial charge in [0.2, 0.25) is 10.0 Å². The van der Waals surface area contributed by atoms with E-state index in [-0.39, 0.29) is 11.3 Å². The SMILES string of the molecule is C[C@@H](NC(=O)c1ccc2cc(C(F)(F)F)ccc2c1)c1ccc(NS(C)(=O)=O)c(CO)c1. The molecule has 0 aromatic heterocycles. The average molecular weight is 466 g/mol. The van der Waals surface area contributed by atoms with Gasteiger partial charge < -0.3 is 10.4 Å². The Hall–Kier alpha value is -3.11. The predicted molar refractivity (Wildman–Crippen MR) is 116 cm³/mol. The Bertz CT molecular complexity index is 1270. The molecule has 10 heteroatoms. The number of rotatable bonds is 6. The molecule has 0 saturated carbocycles. The first-order chi connectivity index (χ1) is 14.9. The Labute approximate surface area is 183 Å². The van der Waals surface area contributed by atoms with E-state index in [0.29, 0.717) is 21.9 Å². The van der Waals surface area contributed by atoms with E-state index in [2.05, 4.69) is 10.0 Å². The molecule has 0 saturated heterocycles. The highest BCUT2D eigenvalue weighted by molar-refractivity contribution is 7.92. The molecule has 3 rings (SSSR count). The van der Waals surface area contributed by atoms with Crippen molar-refractivity contribution in [3.63, 3.8) is 0 Å². The van der Waals surface area contributed by atoms with E-state index in [1.165, 1.54) is 30.3 Å². The lowest BCUT2D eigenvalue weighted by Gasteiger charge is -2.17. The number of carbonyl (C=O) groups excluding carboxylic acids is 1. The topological polar surface area (TPSA) is 95.5 Å². The summed E-state index contributed by atoms with van der Waals surface area (Å²) in [6.45, 7) is 1.31. The van der Waals surface area contributed by atoms with Crippen LogP contribution in [0.4, 0.5) is 18.9 Å². The summed E-state index contributed by atoms with van der Waals surface area (Å²) >= 11 is 0. The fourth-order valence-corrected chi connectivity index (χ4v) is 3.84. The summed E-state index contributed by atoms with van der Waals surface area (Å²) in [5.74, 6) is -0.428. The van der Waals surface area contributed by atoms with Gasteiger partial charge in [0, 0.05) is 11.1 Å². The van der Waals surface area contributed by atoms with Crippen molar-refractivity contribution in [1.29, 1.82) is 0 Å². The molecule has 0 aliphatic carbocycles. The van der Waals surface area contributed by atoms with Gasteiger partial charge in [-0.1, -0.05) is 18.2 Å². The molecule has 0 aliphatic rings. The molecule has 3 N–H and O–H groups in total. The number of alkyl halides is 3. The Balaban J connectivity index is 1.79. The van der Waals surface area contributed by atoms with Crippen LogP contribution in [0, 0.1) is 0 Å². The Morgan fingerprint density at radius 2 is 1.69 bits per heavy atom. The van der Waals surface area contributed by atoms with Gasteiger partial charge >= 0.3 is 6.18 Å². The number of sulfonamides is 1. The number of fused-ring (bicyclic) bond motifs is 1. The normalized spacial score (nSPS) is 13.1. The third-order valence-electron chi connectivity index (χ3n) is 4.87. The van der Waals surface area contributed by atoms with Crippen molar-refractivity contribution in [2.45, 2.75) is 25.7 Å². The van der Waals surface area contributed by atoms with Gasteiger partial charge in [0.15, 0.2) is 0 Å². The first kappa shape index (κ1) is 23.6. The quantitative estimate of drug-likeness (QED) is 0.507. The second-order valence-corrected chi connectivity index (χ2v) is 9.17. The molecule has 32 heavy (non-hydrogen) atoms. The highest BCUT2D eigenvalue weighted by Gasteiger charge is 2.30. The minimum absolute atomic E-state index is 0.241. The molecule has 3 aromatic carbocycles. The van der Waals surface area contributed by atoms with Crippen LogP contribution in [0.15, 0.2) is 54.6 Å². The number of amides is 1. The van der Waals surface area contributed by atoms with Crippen LogP contribution in [0.2, 0.25) is 0 Å². The standard InChI is InChI=1S/C22H21F3N2O4S/c1-13(14-6-8-20(18(9-14)12-28)27-32(2,30)31)26-21(29)17-4-3-16-11-19(22(23,24)25)7-5-15(16)10-17/h3-11,13,27-28H,12H2,1-2H3,(H,26,29)/t13-/m1/s1. The Morgan fingerprint density at radius 3 is 2.31 bits per heavy atom. The smallest absolute Gasteiger partial charge is 0.392 e. The van der Waals surface area contributed by atoms with Gasteiger partial charge in [0.05, 0.1) is 30.2 Å². The molecule has 0 fully saturated rings. The molecule has 0 radical (unpaired) electrons. The molecule has 0 unspecified atom stereocenters. The maximum absolute atomic E-state index is 12.9. The van der Waals surface area contributed by atoms with Gasteiger partial charge in [-0.3, -0.25) is 9.52 Å². The lowest BCUT2D eigenvalue weighted by Crippen LogP contribution is -2.26. The number of nitrogens with one attached hydrogen (secondary N) is 2. The number of hydrogen-bond acceptors (Lipinski definition) is 4. The molecule has 170 valence electrons. The zero-order valence-corrected chi connectivity index (χ0v) is 18.0. The van der Waals surface area contributed by atoms with Gasteiger partial charge in [-0.2, -0.15) is 13.2 Å². The van der Waals surface area contributed by atoms with E-state index in [9.17, 15) is 31.5 Å². The van der Waals surface area contributed by atoms with E-state index < -0.39 is 40.3 Å². The summed E-state index contributed by atoms with van der Waals surface area (Å²) in [4.78, 5) is 12.7. The molecule has 3 aromatic rings. The Morgan fingerprint density at radius 1 is 1.03 bits per heavy atom. The molecule has 0 aliphatic heterocycles. The number of halogens is 3. The molecular formula is C22H21F3N2O4S. The van der Waals surface area contributed by atoms with Crippen molar-refractivity contribution in [2.24, 2.45) is 0 Å². The monoisotopic (exact) mass is 466 g/mol. The second kappa shape index (κ2) is 8.79. The van der Waals surface area contributed by atoms with Crippen molar-refractivity contribution in [3.8, 4) is 0 Å². The van der Waals surface area contributed by atoms with E-state index in [1.807, 2.05) is 0 Å². The van der Waals surface area contributed by atoms with Gasteiger partial charge in [-0.05, 0) is 59.7 Å². The molecule has 1 atom stereocenters. The number of anilines is 1. The van der Waals surface area contributed by atoms with Crippen LogP contribution in [-0.2, 0) is 22.8 Å². The van der Waals surface area contributed by atoms with Crippen LogP contribution < -0.4 is 10.0 Å². The van der Waals surface area contributed by atoms with Gasteiger partial charge in [0.25, 0.3) is 5.91 Å². The first-order valence-corrected chi connectivity index (χ1v) is 11.4. The first-order valence-electron chi connectivity index (χ1n) is 9.51. The Kier molecular flexibility index (Phi) is 6.47. The fraction of sp³-hybridized carbons (Fsp3) is 0.227. The fourth-order valence-electron chi connectivity index (χ4n) is 3.24. The second-order valence-electron chi connectivity index (χ2n) is 7.42. The lowest BCUT2D eigenvalue weighted by molar-refractivity contribution is -0.137. The zero-order chi connectivity index (χ0) is 23.7. The van der Waals surface area contributed by atoms with Crippen molar-refractivity contribution < 1.29 is 31.5 Å². The molecule has 0 heterocycles. The summed E-state index contributed by atoms with van der Waals surface area (Å²) in [7, 11) is -3.52. The minimum atomic E-state index is -4.44. The van der Waals surface area contributed by atoms with Crippen LogP contribution in [0.25, 0.3) is 10.8 Å². The maximum Gasteiger partial charge on any atom is 0.416 e. The van der Waals surface area contributed by atoms with E-state index >= 15 is 0 Å².